The molecule has 0 unspecified atom stereocenters. The molecule has 0 saturated heterocycles. The second-order valence-electron chi connectivity index (χ2n) is 3.78. The van der Waals surface area contributed by atoms with Gasteiger partial charge in [-0.25, -0.2) is 9.78 Å². The molecule has 1 aromatic carbocycles. The Hall–Kier alpha value is -2.74. The monoisotopic (exact) mass is 261 g/mol. The van der Waals surface area contributed by atoms with Crippen molar-refractivity contribution in [2.75, 3.05) is 5.43 Å². The van der Waals surface area contributed by atoms with Crippen LogP contribution in [0.4, 0.5) is 11.4 Å². The van der Waals surface area contributed by atoms with E-state index in [1.165, 1.54) is 22.9 Å². The Kier molecular flexibility index (Phi) is 3.53. The molecule has 0 atom stereocenters. The number of rotatable bonds is 4. The van der Waals surface area contributed by atoms with E-state index in [2.05, 4.69) is 10.4 Å². The third-order valence-electron chi connectivity index (χ3n) is 2.55. The fourth-order valence-electron chi connectivity index (χ4n) is 1.65. The molecule has 0 aliphatic heterocycles. The quantitative estimate of drug-likeness (QED) is 0.470. The number of hydrogen-bond acceptors (Lipinski definition) is 6. The summed E-state index contributed by atoms with van der Waals surface area (Å²) in [5.41, 5.74) is 2.53. The molecule has 19 heavy (non-hydrogen) atoms. The average Bonchev–Trinajstić information content (AvgIpc) is 2.41. The third kappa shape index (κ3) is 2.75. The molecule has 0 bridgehead atoms. The minimum Gasteiger partial charge on any atom is -0.318 e. The van der Waals surface area contributed by atoms with Gasteiger partial charge in [0.15, 0.2) is 0 Å². The maximum absolute atomic E-state index is 11.5. The molecule has 0 radical (unpaired) electrons. The van der Waals surface area contributed by atoms with Gasteiger partial charge in [0.25, 0.3) is 5.69 Å². The number of hydrazine groups is 1. The van der Waals surface area contributed by atoms with Gasteiger partial charge in [0, 0.05) is 18.5 Å². The summed E-state index contributed by atoms with van der Waals surface area (Å²) in [6.45, 7) is 0.207. The van der Waals surface area contributed by atoms with E-state index < -0.39 is 10.6 Å². The molecule has 0 saturated carbocycles. The molecule has 1 heterocycles. The molecular formula is C11H11N5O3. The molecule has 0 spiro atoms. The van der Waals surface area contributed by atoms with Crippen molar-refractivity contribution in [1.82, 2.24) is 9.55 Å². The first kappa shape index (κ1) is 12.7. The molecule has 0 amide bonds. The van der Waals surface area contributed by atoms with Crippen molar-refractivity contribution in [3.05, 3.63) is 62.8 Å². The Morgan fingerprint density at radius 1 is 1.47 bits per heavy atom. The molecule has 0 aliphatic rings. The normalized spacial score (nSPS) is 10.2. The van der Waals surface area contributed by atoms with Crippen molar-refractivity contribution in [2.45, 2.75) is 6.54 Å². The standard InChI is InChI=1S/C11H11N5O3/c12-14-9-3-2-8(6-10(9)16(18)19)7-15-5-1-4-13-11(15)17/h1-6,14H,7,12H2. The van der Waals surface area contributed by atoms with E-state index in [4.69, 9.17) is 5.84 Å². The van der Waals surface area contributed by atoms with Gasteiger partial charge in [0.1, 0.15) is 5.69 Å². The van der Waals surface area contributed by atoms with Crippen molar-refractivity contribution in [3.8, 4) is 0 Å². The van der Waals surface area contributed by atoms with Gasteiger partial charge in [-0.1, -0.05) is 6.07 Å². The summed E-state index contributed by atoms with van der Waals surface area (Å²) >= 11 is 0. The third-order valence-corrected chi connectivity index (χ3v) is 2.55. The number of hydrogen-bond donors (Lipinski definition) is 2. The van der Waals surface area contributed by atoms with E-state index in [0.717, 1.165) is 0 Å². The van der Waals surface area contributed by atoms with Crippen LogP contribution in [0.25, 0.3) is 0 Å². The van der Waals surface area contributed by atoms with Gasteiger partial charge in [-0.2, -0.15) is 0 Å². The van der Waals surface area contributed by atoms with Gasteiger partial charge < -0.3 is 5.43 Å². The van der Waals surface area contributed by atoms with Crippen LogP contribution in [-0.4, -0.2) is 14.5 Å². The van der Waals surface area contributed by atoms with E-state index >= 15 is 0 Å². The molecule has 0 aliphatic carbocycles. The minimum atomic E-state index is -0.537. The lowest BCUT2D eigenvalue weighted by atomic mass is 10.1. The second kappa shape index (κ2) is 5.27. The number of nitrogens with zero attached hydrogens (tertiary/aromatic N) is 3. The predicted octanol–water partition coefficient (Wildman–Crippen LogP) is 0.485. The van der Waals surface area contributed by atoms with E-state index in [9.17, 15) is 14.9 Å². The van der Waals surface area contributed by atoms with E-state index in [0.29, 0.717) is 5.56 Å². The summed E-state index contributed by atoms with van der Waals surface area (Å²) in [5.74, 6) is 5.20. The van der Waals surface area contributed by atoms with Crippen LogP contribution >= 0.6 is 0 Å². The van der Waals surface area contributed by atoms with Crippen LogP contribution in [0.2, 0.25) is 0 Å². The molecule has 3 N–H and O–H groups in total. The summed E-state index contributed by atoms with van der Waals surface area (Å²) in [6.07, 6.45) is 2.96. The summed E-state index contributed by atoms with van der Waals surface area (Å²) in [7, 11) is 0. The SMILES string of the molecule is NNc1ccc(Cn2cccnc2=O)cc1[N+](=O)[O-]. The molecule has 2 rings (SSSR count). The van der Waals surface area contributed by atoms with Crippen LogP contribution in [0, 0.1) is 10.1 Å². The van der Waals surface area contributed by atoms with Crippen LogP contribution in [0.1, 0.15) is 5.56 Å². The molecule has 2 aromatic rings. The Morgan fingerprint density at radius 3 is 2.89 bits per heavy atom. The van der Waals surface area contributed by atoms with Gasteiger partial charge in [-0.3, -0.25) is 20.5 Å². The number of nitro groups is 1. The fraction of sp³-hybridized carbons (Fsp3) is 0.0909. The molecule has 8 heteroatoms. The highest BCUT2D eigenvalue weighted by atomic mass is 16.6. The fourth-order valence-corrected chi connectivity index (χ4v) is 1.65. The zero-order valence-electron chi connectivity index (χ0n) is 9.81. The van der Waals surface area contributed by atoms with Crippen molar-refractivity contribution in [3.63, 3.8) is 0 Å². The summed E-state index contributed by atoms with van der Waals surface area (Å²) < 4.78 is 1.36. The molecule has 1 aromatic heterocycles. The number of aromatic nitrogens is 2. The lowest BCUT2D eigenvalue weighted by molar-refractivity contribution is -0.384. The first-order valence-electron chi connectivity index (χ1n) is 5.37. The Balaban J connectivity index is 2.37. The highest BCUT2D eigenvalue weighted by Gasteiger charge is 2.13. The lowest BCUT2D eigenvalue weighted by Crippen LogP contribution is -2.22. The van der Waals surface area contributed by atoms with Gasteiger partial charge >= 0.3 is 5.69 Å². The molecule has 98 valence electrons. The average molecular weight is 261 g/mol. The zero-order chi connectivity index (χ0) is 13.8. The number of nitrogens with two attached hydrogens (primary N) is 1. The highest BCUT2D eigenvalue weighted by molar-refractivity contribution is 5.61. The van der Waals surface area contributed by atoms with Gasteiger partial charge in [-0.15, -0.1) is 0 Å². The van der Waals surface area contributed by atoms with Crippen LogP contribution in [0.5, 0.6) is 0 Å². The predicted molar refractivity (Wildman–Crippen MR) is 68.5 cm³/mol. The Bertz CT molecular complexity index is 667. The van der Waals surface area contributed by atoms with E-state index in [1.807, 2.05) is 0 Å². The van der Waals surface area contributed by atoms with Crippen LogP contribution in [0.3, 0.4) is 0 Å². The molecule has 0 fully saturated rings. The van der Waals surface area contributed by atoms with Crippen molar-refractivity contribution in [1.29, 1.82) is 0 Å². The second-order valence-corrected chi connectivity index (χ2v) is 3.78. The van der Waals surface area contributed by atoms with E-state index in [1.54, 1.807) is 18.3 Å². The summed E-state index contributed by atoms with van der Waals surface area (Å²) in [5, 5.41) is 10.9. The van der Waals surface area contributed by atoms with Gasteiger partial charge in [-0.05, 0) is 17.7 Å². The van der Waals surface area contributed by atoms with Crippen molar-refractivity contribution < 1.29 is 4.92 Å². The smallest absolute Gasteiger partial charge is 0.318 e. The highest BCUT2D eigenvalue weighted by Crippen LogP contribution is 2.24. The number of benzene rings is 1. The minimum absolute atomic E-state index is 0.142. The van der Waals surface area contributed by atoms with Crippen LogP contribution in [0.15, 0.2) is 41.5 Å². The number of nitrogens with one attached hydrogen (secondary N) is 1. The van der Waals surface area contributed by atoms with Crippen LogP contribution in [-0.2, 0) is 6.54 Å². The first-order valence-corrected chi connectivity index (χ1v) is 5.37. The largest absolute Gasteiger partial charge is 0.347 e. The topological polar surface area (TPSA) is 116 Å². The first-order chi connectivity index (χ1) is 9.11. The molecule has 8 nitrogen and oxygen atoms in total. The van der Waals surface area contributed by atoms with Crippen molar-refractivity contribution in [2.24, 2.45) is 5.84 Å². The van der Waals surface area contributed by atoms with Gasteiger partial charge in [0.05, 0.1) is 11.5 Å². The maximum atomic E-state index is 11.5. The summed E-state index contributed by atoms with van der Waals surface area (Å²) in [4.78, 5) is 25.4. The van der Waals surface area contributed by atoms with E-state index in [-0.39, 0.29) is 17.9 Å². The Labute approximate surface area is 107 Å². The zero-order valence-corrected chi connectivity index (χ0v) is 9.81. The molecular weight excluding hydrogens is 250 g/mol. The van der Waals surface area contributed by atoms with Crippen molar-refractivity contribution >= 4 is 11.4 Å². The lowest BCUT2D eigenvalue weighted by Gasteiger charge is -2.06. The van der Waals surface area contributed by atoms with Gasteiger partial charge in [0.2, 0.25) is 0 Å². The maximum Gasteiger partial charge on any atom is 0.347 e. The number of nitrogen functional groups attached to an aromatic ring is 1. The number of nitro benzene ring substituents is 1. The summed E-state index contributed by atoms with van der Waals surface area (Å²) in [6, 6.07) is 6.14. The number of anilines is 1. The Morgan fingerprint density at radius 2 is 2.26 bits per heavy atom. The van der Waals surface area contributed by atoms with Crippen LogP contribution < -0.4 is 17.0 Å².